The van der Waals surface area contributed by atoms with Gasteiger partial charge in [0.1, 0.15) is 0 Å². The maximum atomic E-state index is 13.6. The van der Waals surface area contributed by atoms with E-state index in [9.17, 15) is 23.5 Å². The lowest BCUT2D eigenvalue weighted by Gasteiger charge is -2.25. The fraction of sp³-hybridized carbons (Fsp3) is 0.429. The highest BCUT2D eigenvalue weighted by atomic mass is 19.2. The molecule has 6 heteroatoms. The third-order valence-corrected chi connectivity index (χ3v) is 3.85. The van der Waals surface area contributed by atoms with E-state index in [1.54, 1.807) is 0 Å². The number of carboxylic acids is 1. The van der Waals surface area contributed by atoms with Crippen molar-refractivity contribution >= 4 is 11.9 Å². The Morgan fingerprint density at radius 2 is 1.85 bits per heavy atom. The molecule has 1 aromatic carbocycles. The molecular formula is C14H14F2O4. The van der Waals surface area contributed by atoms with Gasteiger partial charge in [-0.25, -0.2) is 13.6 Å². The van der Waals surface area contributed by atoms with Gasteiger partial charge in [0.05, 0.1) is 18.1 Å². The smallest absolute Gasteiger partial charge is 0.340 e. The molecule has 108 valence electrons. The second-order valence-electron chi connectivity index (χ2n) is 4.91. The Balaban J connectivity index is 2.60. The van der Waals surface area contributed by atoms with E-state index in [0.717, 1.165) is 19.2 Å². The molecular weight excluding hydrogens is 270 g/mol. The van der Waals surface area contributed by atoms with Gasteiger partial charge >= 0.3 is 11.9 Å². The van der Waals surface area contributed by atoms with Gasteiger partial charge in [-0.15, -0.1) is 0 Å². The molecule has 1 saturated carbocycles. The number of aliphatic carboxylic acids is 1. The quantitative estimate of drug-likeness (QED) is 0.867. The maximum absolute atomic E-state index is 13.6. The van der Waals surface area contributed by atoms with Crippen molar-refractivity contribution in [3.05, 3.63) is 34.9 Å². The molecule has 1 fully saturated rings. The average molecular weight is 284 g/mol. The second-order valence-corrected chi connectivity index (χ2v) is 4.91. The van der Waals surface area contributed by atoms with E-state index < -0.39 is 34.6 Å². The summed E-state index contributed by atoms with van der Waals surface area (Å²) >= 11 is 0. The molecule has 1 aliphatic rings. The molecule has 0 aromatic heterocycles. The summed E-state index contributed by atoms with van der Waals surface area (Å²) in [6, 6.07) is 1.95. The van der Waals surface area contributed by atoms with Crippen LogP contribution in [0.2, 0.25) is 0 Å². The maximum Gasteiger partial charge on any atom is 0.340 e. The topological polar surface area (TPSA) is 63.6 Å². The second kappa shape index (κ2) is 5.19. The van der Waals surface area contributed by atoms with E-state index in [1.165, 1.54) is 0 Å². The number of hydrogen-bond donors (Lipinski definition) is 1. The number of methoxy groups -OCH3 is 1. The zero-order valence-corrected chi connectivity index (χ0v) is 10.9. The van der Waals surface area contributed by atoms with Crippen molar-refractivity contribution in [2.75, 3.05) is 7.11 Å². The Kier molecular flexibility index (Phi) is 3.74. The van der Waals surface area contributed by atoms with Gasteiger partial charge in [0.25, 0.3) is 0 Å². The summed E-state index contributed by atoms with van der Waals surface area (Å²) in [6.45, 7) is 0. The Bertz CT molecular complexity index is 563. The van der Waals surface area contributed by atoms with Crippen LogP contribution in [0.3, 0.4) is 0 Å². The van der Waals surface area contributed by atoms with E-state index >= 15 is 0 Å². The van der Waals surface area contributed by atoms with Crippen molar-refractivity contribution in [2.45, 2.75) is 31.1 Å². The van der Waals surface area contributed by atoms with E-state index in [0.29, 0.717) is 25.7 Å². The summed E-state index contributed by atoms with van der Waals surface area (Å²) in [4.78, 5) is 23.0. The molecule has 4 nitrogen and oxygen atoms in total. The van der Waals surface area contributed by atoms with Crippen molar-refractivity contribution in [3.63, 3.8) is 0 Å². The predicted molar refractivity (Wildman–Crippen MR) is 65.5 cm³/mol. The first-order chi connectivity index (χ1) is 9.42. The summed E-state index contributed by atoms with van der Waals surface area (Å²) in [7, 11) is 1.05. The van der Waals surface area contributed by atoms with Crippen molar-refractivity contribution in [1.29, 1.82) is 0 Å². The Morgan fingerprint density at radius 3 is 2.35 bits per heavy atom. The van der Waals surface area contributed by atoms with Gasteiger partial charge < -0.3 is 9.84 Å². The molecule has 0 radical (unpaired) electrons. The van der Waals surface area contributed by atoms with Crippen molar-refractivity contribution in [3.8, 4) is 0 Å². The van der Waals surface area contributed by atoms with Crippen LogP contribution in [-0.2, 0) is 14.9 Å². The normalized spacial score (nSPS) is 16.9. The number of esters is 1. The summed E-state index contributed by atoms with van der Waals surface area (Å²) in [6.07, 6.45) is 2.07. The van der Waals surface area contributed by atoms with Crippen LogP contribution in [0.15, 0.2) is 12.1 Å². The molecule has 0 bridgehead atoms. The van der Waals surface area contributed by atoms with Crippen LogP contribution < -0.4 is 0 Å². The Morgan fingerprint density at radius 1 is 1.25 bits per heavy atom. The molecule has 1 N–H and O–H groups in total. The third kappa shape index (κ3) is 2.15. The van der Waals surface area contributed by atoms with Crippen LogP contribution in [0.5, 0.6) is 0 Å². The molecule has 1 aromatic rings. The molecule has 0 amide bonds. The highest BCUT2D eigenvalue weighted by Gasteiger charge is 2.44. The van der Waals surface area contributed by atoms with Gasteiger partial charge in [-0.05, 0) is 30.5 Å². The minimum Gasteiger partial charge on any atom is -0.481 e. The Labute approximate surface area is 114 Å². The van der Waals surface area contributed by atoms with Crippen LogP contribution in [-0.4, -0.2) is 24.2 Å². The highest BCUT2D eigenvalue weighted by Crippen LogP contribution is 2.42. The van der Waals surface area contributed by atoms with Crippen LogP contribution in [0.1, 0.15) is 41.6 Å². The summed E-state index contributed by atoms with van der Waals surface area (Å²) in [5.41, 5.74) is -1.71. The average Bonchev–Trinajstić information content (AvgIpc) is 2.91. The number of benzene rings is 1. The van der Waals surface area contributed by atoms with E-state index in [2.05, 4.69) is 4.74 Å². The predicted octanol–water partition coefficient (Wildman–Crippen LogP) is 2.65. The molecule has 2 rings (SSSR count). The van der Waals surface area contributed by atoms with Gasteiger partial charge in [-0.3, -0.25) is 4.79 Å². The van der Waals surface area contributed by atoms with Crippen LogP contribution in [0.4, 0.5) is 8.78 Å². The van der Waals surface area contributed by atoms with Gasteiger partial charge in [-0.1, -0.05) is 12.8 Å². The molecule has 20 heavy (non-hydrogen) atoms. The molecule has 0 unspecified atom stereocenters. The van der Waals surface area contributed by atoms with Gasteiger partial charge in [0.15, 0.2) is 11.6 Å². The lowest BCUT2D eigenvalue weighted by atomic mass is 9.78. The highest BCUT2D eigenvalue weighted by molar-refractivity contribution is 5.91. The molecule has 0 aliphatic heterocycles. The number of ether oxygens (including phenoxy) is 1. The molecule has 0 spiro atoms. The summed E-state index contributed by atoms with van der Waals surface area (Å²) < 4.78 is 31.6. The lowest BCUT2D eigenvalue weighted by molar-refractivity contribution is -0.143. The third-order valence-electron chi connectivity index (χ3n) is 3.85. The van der Waals surface area contributed by atoms with Crippen molar-refractivity contribution in [1.82, 2.24) is 0 Å². The summed E-state index contributed by atoms with van der Waals surface area (Å²) in [5.74, 6) is -4.67. The standard InChI is InChI=1S/C14H14F2O4/c1-20-12(17)9-6-8(7-10(15)11(9)16)14(13(18)19)4-2-3-5-14/h6-7H,2-5H2,1H3,(H,18,19). The number of halogens is 2. The monoisotopic (exact) mass is 284 g/mol. The lowest BCUT2D eigenvalue weighted by Crippen LogP contribution is -2.33. The van der Waals surface area contributed by atoms with Gasteiger partial charge in [0, 0.05) is 0 Å². The van der Waals surface area contributed by atoms with E-state index in [4.69, 9.17) is 0 Å². The number of carbonyl (C=O) groups excluding carboxylic acids is 1. The molecule has 1 aliphatic carbocycles. The minimum atomic E-state index is -1.32. The number of hydrogen-bond acceptors (Lipinski definition) is 3. The number of rotatable bonds is 3. The number of carbonyl (C=O) groups is 2. The first-order valence-electron chi connectivity index (χ1n) is 6.23. The van der Waals surface area contributed by atoms with Crippen LogP contribution >= 0.6 is 0 Å². The van der Waals surface area contributed by atoms with Crippen LogP contribution in [0, 0.1) is 11.6 Å². The van der Waals surface area contributed by atoms with Crippen molar-refractivity contribution in [2.24, 2.45) is 0 Å². The van der Waals surface area contributed by atoms with Gasteiger partial charge in [0.2, 0.25) is 0 Å². The first-order valence-corrected chi connectivity index (χ1v) is 6.23. The van der Waals surface area contributed by atoms with E-state index in [-0.39, 0.29) is 5.56 Å². The van der Waals surface area contributed by atoms with Crippen molar-refractivity contribution < 1.29 is 28.2 Å². The fourth-order valence-electron chi connectivity index (χ4n) is 2.73. The molecule has 0 heterocycles. The summed E-state index contributed by atoms with van der Waals surface area (Å²) in [5, 5.41) is 9.43. The zero-order chi connectivity index (χ0) is 14.9. The zero-order valence-electron chi connectivity index (χ0n) is 10.9. The minimum absolute atomic E-state index is 0.113. The van der Waals surface area contributed by atoms with E-state index in [1.807, 2.05) is 0 Å². The molecule has 0 saturated heterocycles. The first kappa shape index (κ1) is 14.4. The number of carboxylic acid groups (broad SMARTS) is 1. The Hall–Kier alpha value is -1.98. The SMILES string of the molecule is COC(=O)c1cc(C2(C(=O)O)CCCC2)cc(F)c1F. The largest absolute Gasteiger partial charge is 0.481 e. The fourth-order valence-corrected chi connectivity index (χ4v) is 2.73. The molecule has 0 atom stereocenters. The van der Waals surface area contributed by atoms with Gasteiger partial charge in [-0.2, -0.15) is 0 Å². The van der Waals surface area contributed by atoms with Crippen LogP contribution in [0.25, 0.3) is 0 Å².